The lowest BCUT2D eigenvalue weighted by Crippen LogP contribution is -2.31. The van der Waals surface area contributed by atoms with Crippen molar-refractivity contribution in [2.45, 2.75) is 11.8 Å². The lowest BCUT2D eigenvalue weighted by Gasteiger charge is -2.23. The van der Waals surface area contributed by atoms with Crippen molar-refractivity contribution in [1.82, 2.24) is 0 Å². The summed E-state index contributed by atoms with van der Waals surface area (Å²) in [5.74, 6) is -0.629. The third-order valence-corrected chi connectivity index (χ3v) is 5.75. The average Bonchev–Trinajstić information content (AvgIpc) is 2.66. The van der Waals surface area contributed by atoms with Crippen molar-refractivity contribution in [3.63, 3.8) is 0 Å². The first kappa shape index (κ1) is 21.4. The van der Waals surface area contributed by atoms with Crippen molar-refractivity contribution in [3.05, 3.63) is 75.8 Å². The van der Waals surface area contributed by atoms with Crippen molar-refractivity contribution >= 4 is 39.0 Å². The van der Waals surface area contributed by atoms with Gasteiger partial charge in [-0.2, -0.15) is 0 Å². The molecule has 0 saturated carbocycles. The molecule has 0 fully saturated rings. The number of carbonyl (C=O) groups excluding carboxylic acids is 1. The van der Waals surface area contributed by atoms with Crippen LogP contribution < -0.4 is 4.31 Å². The smallest absolute Gasteiger partial charge is 0.339 e. The van der Waals surface area contributed by atoms with Crippen LogP contribution in [-0.2, 0) is 14.8 Å². The summed E-state index contributed by atoms with van der Waals surface area (Å²) in [7, 11) is -4.15. The van der Waals surface area contributed by atoms with Gasteiger partial charge in [0.25, 0.3) is 15.7 Å². The van der Waals surface area contributed by atoms with E-state index in [-0.39, 0.29) is 40.0 Å². The van der Waals surface area contributed by atoms with Gasteiger partial charge in [-0.3, -0.25) is 14.4 Å². The van der Waals surface area contributed by atoms with Crippen LogP contribution in [0.25, 0.3) is 0 Å². The number of nitro groups is 1. The normalized spacial score (nSPS) is 10.9. The predicted octanol–water partition coefficient (Wildman–Crippen LogP) is 3.81. The van der Waals surface area contributed by atoms with Gasteiger partial charge in [-0.05, 0) is 31.2 Å². The second-order valence-electron chi connectivity index (χ2n) is 5.46. The molecule has 2 rings (SSSR count). The Labute approximate surface area is 167 Å². The number of hydrogen-bond acceptors (Lipinski definition) is 6. The van der Waals surface area contributed by atoms with Gasteiger partial charge >= 0.3 is 5.97 Å². The van der Waals surface area contributed by atoms with Crippen molar-refractivity contribution in [2.24, 2.45) is 0 Å². The standard InChI is InChI=1S/C18H17ClN2O6S/c1-3-10-20(13-8-9-16(17(19)12-13)18(22)27-4-2)28(25,26)15-7-5-6-14(11-15)21(23)24/h3,5-9,11-12H,1,4,10H2,2H3. The highest BCUT2D eigenvalue weighted by Crippen LogP contribution is 2.29. The highest BCUT2D eigenvalue weighted by Gasteiger charge is 2.26. The van der Waals surface area contributed by atoms with Crippen molar-refractivity contribution in [1.29, 1.82) is 0 Å². The highest BCUT2D eigenvalue weighted by molar-refractivity contribution is 7.92. The van der Waals surface area contributed by atoms with Gasteiger partial charge in [-0.25, -0.2) is 13.2 Å². The van der Waals surface area contributed by atoms with Crippen LogP contribution in [0.15, 0.2) is 60.0 Å². The Kier molecular flexibility index (Phi) is 6.76. The summed E-state index contributed by atoms with van der Waals surface area (Å²) in [5.41, 5.74) is -0.0849. The van der Waals surface area contributed by atoms with Crippen LogP contribution in [0, 0.1) is 10.1 Å². The summed E-state index contributed by atoms with van der Waals surface area (Å²) in [6, 6.07) is 8.78. The minimum Gasteiger partial charge on any atom is -0.462 e. The van der Waals surface area contributed by atoms with E-state index in [0.717, 1.165) is 10.4 Å². The van der Waals surface area contributed by atoms with E-state index in [1.54, 1.807) is 6.92 Å². The van der Waals surface area contributed by atoms with Gasteiger partial charge in [-0.15, -0.1) is 6.58 Å². The summed E-state index contributed by atoms with van der Waals surface area (Å²) in [6.45, 7) is 5.26. The molecule has 0 unspecified atom stereocenters. The monoisotopic (exact) mass is 424 g/mol. The molecular formula is C18H17ClN2O6S. The third-order valence-electron chi connectivity index (χ3n) is 3.65. The average molecular weight is 425 g/mol. The maximum atomic E-state index is 13.1. The van der Waals surface area contributed by atoms with Crippen LogP contribution in [0.5, 0.6) is 0 Å². The molecule has 10 heteroatoms. The van der Waals surface area contributed by atoms with E-state index < -0.39 is 20.9 Å². The molecule has 2 aromatic rings. The number of hydrogen-bond donors (Lipinski definition) is 0. The van der Waals surface area contributed by atoms with E-state index in [1.807, 2.05) is 0 Å². The number of non-ortho nitro benzene ring substituents is 1. The van der Waals surface area contributed by atoms with Crippen molar-refractivity contribution < 1.29 is 22.9 Å². The van der Waals surface area contributed by atoms with Crippen LogP contribution >= 0.6 is 11.6 Å². The summed E-state index contributed by atoms with van der Waals surface area (Å²) in [6.07, 6.45) is 1.36. The first-order valence-electron chi connectivity index (χ1n) is 8.07. The number of halogens is 1. The Morgan fingerprint density at radius 2 is 2.04 bits per heavy atom. The van der Waals surface area contributed by atoms with Gasteiger partial charge < -0.3 is 4.74 Å². The fraction of sp³-hybridized carbons (Fsp3) is 0.167. The molecule has 0 bridgehead atoms. The molecule has 0 amide bonds. The van der Waals surface area contributed by atoms with Crippen LogP contribution in [0.2, 0.25) is 5.02 Å². The fourth-order valence-corrected chi connectivity index (χ4v) is 4.10. The minimum absolute atomic E-state index is 0.0132. The fourth-order valence-electron chi connectivity index (χ4n) is 2.38. The zero-order valence-electron chi connectivity index (χ0n) is 14.9. The topological polar surface area (TPSA) is 107 Å². The number of carbonyl (C=O) groups is 1. The lowest BCUT2D eigenvalue weighted by atomic mass is 10.2. The Balaban J connectivity index is 2.51. The number of rotatable bonds is 8. The lowest BCUT2D eigenvalue weighted by molar-refractivity contribution is -0.385. The van der Waals surface area contributed by atoms with Crippen LogP contribution in [0.3, 0.4) is 0 Å². The van der Waals surface area contributed by atoms with E-state index in [1.165, 1.54) is 42.5 Å². The Morgan fingerprint density at radius 1 is 1.32 bits per heavy atom. The molecule has 0 atom stereocenters. The Morgan fingerprint density at radius 3 is 2.61 bits per heavy atom. The molecule has 0 aliphatic heterocycles. The Bertz CT molecular complexity index is 1020. The molecule has 8 nitrogen and oxygen atoms in total. The second-order valence-corrected chi connectivity index (χ2v) is 7.73. The number of ether oxygens (including phenoxy) is 1. The predicted molar refractivity (Wildman–Crippen MR) is 105 cm³/mol. The molecule has 28 heavy (non-hydrogen) atoms. The Hall–Kier alpha value is -2.91. The van der Waals surface area contributed by atoms with E-state index in [0.29, 0.717) is 0 Å². The van der Waals surface area contributed by atoms with Gasteiger partial charge in [0.15, 0.2) is 0 Å². The van der Waals surface area contributed by atoms with Crippen molar-refractivity contribution in [2.75, 3.05) is 17.5 Å². The first-order valence-corrected chi connectivity index (χ1v) is 9.89. The molecule has 0 heterocycles. The van der Waals surface area contributed by atoms with Crippen LogP contribution in [0.4, 0.5) is 11.4 Å². The number of benzene rings is 2. The van der Waals surface area contributed by atoms with Gasteiger partial charge in [0.2, 0.25) is 0 Å². The number of nitro benzene ring substituents is 1. The maximum Gasteiger partial charge on any atom is 0.339 e. The molecular weight excluding hydrogens is 408 g/mol. The molecule has 0 aliphatic rings. The molecule has 0 saturated heterocycles. The number of esters is 1. The number of sulfonamides is 1. The first-order chi connectivity index (χ1) is 13.2. The summed E-state index contributed by atoms with van der Waals surface area (Å²) < 4.78 is 32.0. The SMILES string of the molecule is C=CCN(c1ccc(C(=O)OCC)c(Cl)c1)S(=O)(=O)c1cccc([N+](=O)[O-])c1. The summed E-state index contributed by atoms with van der Waals surface area (Å²) in [5, 5.41) is 11.0. The van der Waals surface area contributed by atoms with Gasteiger partial charge in [0.1, 0.15) is 0 Å². The zero-order chi connectivity index (χ0) is 20.9. The van der Waals surface area contributed by atoms with E-state index in [4.69, 9.17) is 16.3 Å². The zero-order valence-corrected chi connectivity index (χ0v) is 16.4. The largest absolute Gasteiger partial charge is 0.462 e. The van der Waals surface area contributed by atoms with E-state index >= 15 is 0 Å². The summed E-state index contributed by atoms with van der Waals surface area (Å²) in [4.78, 5) is 21.9. The van der Waals surface area contributed by atoms with Gasteiger partial charge in [0.05, 0.1) is 39.2 Å². The molecule has 0 N–H and O–H groups in total. The minimum atomic E-state index is -4.15. The van der Waals surface area contributed by atoms with E-state index in [9.17, 15) is 23.3 Å². The quantitative estimate of drug-likeness (QED) is 0.276. The maximum absolute atomic E-state index is 13.1. The molecule has 0 radical (unpaired) electrons. The molecule has 148 valence electrons. The number of anilines is 1. The van der Waals surface area contributed by atoms with Crippen molar-refractivity contribution in [3.8, 4) is 0 Å². The third kappa shape index (κ3) is 4.49. The molecule has 0 aromatic heterocycles. The molecule has 0 spiro atoms. The van der Waals surface area contributed by atoms with Gasteiger partial charge in [0, 0.05) is 12.1 Å². The van der Waals surface area contributed by atoms with E-state index in [2.05, 4.69) is 6.58 Å². The highest BCUT2D eigenvalue weighted by atomic mass is 35.5. The van der Waals surface area contributed by atoms with Crippen LogP contribution in [0.1, 0.15) is 17.3 Å². The molecule has 2 aromatic carbocycles. The second kappa shape index (κ2) is 8.85. The molecule has 0 aliphatic carbocycles. The van der Waals surface area contributed by atoms with Crippen LogP contribution in [-0.4, -0.2) is 32.5 Å². The van der Waals surface area contributed by atoms with Gasteiger partial charge in [-0.1, -0.05) is 23.7 Å². The number of nitrogens with zero attached hydrogens (tertiary/aromatic N) is 2. The summed E-state index contributed by atoms with van der Waals surface area (Å²) >= 11 is 6.13.